The van der Waals surface area contributed by atoms with E-state index in [0.29, 0.717) is 6.10 Å². The highest BCUT2D eigenvalue weighted by Gasteiger charge is 2.41. The molecule has 1 aromatic rings. The van der Waals surface area contributed by atoms with E-state index in [2.05, 4.69) is 15.3 Å². The molecular formula is C10H13FN4O. The van der Waals surface area contributed by atoms with Crippen LogP contribution in [0.15, 0.2) is 6.20 Å². The average Bonchev–Trinajstić information content (AvgIpc) is 2.85. The Labute approximate surface area is 92.2 Å². The number of nitrogens with one attached hydrogen (secondary N) is 1. The Kier molecular flexibility index (Phi) is 2.17. The summed E-state index contributed by atoms with van der Waals surface area (Å²) in [6, 6.07) is 0.141. The van der Waals surface area contributed by atoms with Crippen molar-refractivity contribution in [2.75, 3.05) is 11.1 Å². The maximum absolute atomic E-state index is 13.4. The second kappa shape index (κ2) is 3.55. The zero-order valence-electron chi connectivity index (χ0n) is 8.69. The SMILES string of the molecule is Nc1ncc(F)c(NC2CC3CCC2O3)n1. The number of nitrogen functional groups attached to an aromatic ring is 1. The Hall–Kier alpha value is -1.43. The minimum atomic E-state index is -0.475. The minimum absolute atomic E-state index is 0.0768. The van der Waals surface area contributed by atoms with Gasteiger partial charge in [-0.2, -0.15) is 4.98 Å². The molecule has 0 aliphatic carbocycles. The van der Waals surface area contributed by atoms with Gasteiger partial charge in [0.1, 0.15) is 0 Å². The van der Waals surface area contributed by atoms with E-state index in [1.165, 1.54) is 0 Å². The van der Waals surface area contributed by atoms with Gasteiger partial charge in [0.25, 0.3) is 0 Å². The Morgan fingerprint density at radius 3 is 3.06 bits per heavy atom. The van der Waals surface area contributed by atoms with Crippen molar-refractivity contribution >= 4 is 11.8 Å². The topological polar surface area (TPSA) is 73.1 Å². The number of hydrogen-bond acceptors (Lipinski definition) is 5. The number of rotatable bonds is 2. The second-order valence-corrected chi connectivity index (χ2v) is 4.29. The van der Waals surface area contributed by atoms with E-state index >= 15 is 0 Å². The van der Waals surface area contributed by atoms with E-state index in [1.54, 1.807) is 0 Å². The van der Waals surface area contributed by atoms with Gasteiger partial charge in [-0.15, -0.1) is 0 Å². The highest BCUT2D eigenvalue weighted by atomic mass is 19.1. The fourth-order valence-electron chi connectivity index (χ4n) is 2.45. The summed E-state index contributed by atoms with van der Waals surface area (Å²) in [6.45, 7) is 0. The van der Waals surface area contributed by atoms with Crippen molar-refractivity contribution in [3.63, 3.8) is 0 Å². The van der Waals surface area contributed by atoms with Crippen LogP contribution in [-0.2, 0) is 4.74 Å². The largest absolute Gasteiger partial charge is 0.373 e. The van der Waals surface area contributed by atoms with Gasteiger partial charge < -0.3 is 15.8 Å². The molecule has 2 fully saturated rings. The molecule has 3 rings (SSSR count). The van der Waals surface area contributed by atoms with Gasteiger partial charge in [-0.25, -0.2) is 9.37 Å². The molecule has 2 bridgehead atoms. The summed E-state index contributed by atoms with van der Waals surface area (Å²) in [5, 5.41) is 3.05. The standard InChI is InChI=1S/C10H13FN4O/c11-6-4-13-10(12)15-9(6)14-7-3-5-1-2-8(7)16-5/h4-5,7-8H,1-3H2,(H3,12,13,14,15). The number of anilines is 2. The maximum atomic E-state index is 13.4. The molecule has 1 aromatic heterocycles. The van der Waals surface area contributed by atoms with Crippen molar-refractivity contribution in [1.29, 1.82) is 0 Å². The van der Waals surface area contributed by atoms with Crippen LogP contribution in [0, 0.1) is 5.82 Å². The summed E-state index contributed by atoms with van der Waals surface area (Å²) in [7, 11) is 0. The summed E-state index contributed by atoms with van der Waals surface area (Å²) < 4.78 is 19.0. The molecule has 0 spiro atoms. The molecule has 0 aromatic carbocycles. The number of fused-ring (bicyclic) bond motifs is 2. The van der Waals surface area contributed by atoms with Crippen LogP contribution in [0.4, 0.5) is 16.2 Å². The zero-order valence-corrected chi connectivity index (χ0v) is 8.69. The van der Waals surface area contributed by atoms with Crippen LogP contribution in [0.1, 0.15) is 19.3 Å². The van der Waals surface area contributed by atoms with E-state index in [9.17, 15) is 4.39 Å². The van der Waals surface area contributed by atoms with E-state index in [0.717, 1.165) is 25.5 Å². The van der Waals surface area contributed by atoms with Gasteiger partial charge in [0.05, 0.1) is 24.4 Å². The summed E-state index contributed by atoms with van der Waals surface area (Å²) in [6.07, 6.45) is 4.64. The molecule has 2 aliphatic rings. The number of ether oxygens (including phenoxy) is 1. The van der Waals surface area contributed by atoms with Gasteiger partial charge >= 0.3 is 0 Å². The molecule has 3 heterocycles. The van der Waals surface area contributed by atoms with E-state index in [-0.39, 0.29) is 23.9 Å². The predicted molar refractivity (Wildman–Crippen MR) is 56.3 cm³/mol. The van der Waals surface area contributed by atoms with Crippen molar-refractivity contribution in [2.24, 2.45) is 0 Å². The highest BCUT2D eigenvalue weighted by molar-refractivity contribution is 5.40. The van der Waals surface area contributed by atoms with Crippen molar-refractivity contribution in [2.45, 2.75) is 37.5 Å². The van der Waals surface area contributed by atoms with Crippen molar-refractivity contribution in [1.82, 2.24) is 9.97 Å². The van der Waals surface area contributed by atoms with Gasteiger partial charge in [0, 0.05) is 0 Å². The van der Waals surface area contributed by atoms with E-state index < -0.39 is 5.82 Å². The Morgan fingerprint density at radius 2 is 2.38 bits per heavy atom. The maximum Gasteiger partial charge on any atom is 0.222 e. The Balaban J connectivity index is 1.76. The molecule has 0 saturated carbocycles. The highest BCUT2D eigenvalue weighted by Crippen LogP contribution is 2.35. The molecule has 3 unspecified atom stereocenters. The van der Waals surface area contributed by atoms with Crippen LogP contribution >= 0.6 is 0 Å². The average molecular weight is 224 g/mol. The molecule has 0 radical (unpaired) electrons. The van der Waals surface area contributed by atoms with Crippen molar-refractivity contribution in [3.05, 3.63) is 12.0 Å². The summed E-state index contributed by atoms with van der Waals surface area (Å²) >= 11 is 0. The van der Waals surface area contributed by atoms with E-state index in [1.807, 2.05) is 0 Å². The first-order chi connectivity index (χ1) is 7.72. The summed E-state index contributed by atoms with van der Waals surface area (Å²) in [5.41, 5.74) is 5.42. The second-order valence-electron chi connectivity index (χ2n) is 4.29. The van der Waals surface area contributed by atoms with Gasteiger partial charge in [-0.1, -0.05) is 0 Å². The number of nitrogens with zero attached hydrogens (tertiary/aromatic N) is 2. The number of aromatic nitrogens is 2. The van der Waals surface area contributed by atoms with Gasteiger partial charge in [0.15, 0.2) is 11.6 Å². The van der Waals surface area contributed by atoms with Crippen LogP contribution in [0.3, 0.4) is 0 Å². The van der Waals surface area contributed by atoms with Crippen LogP contribution in [0.5, 0.6) is 0 Å². The fraction of sp³-hybridized carbons (Fsp3) is 0.600. The lowest BCUT2D eigenvalue weighted by Gasteiger charge is -2.20. The first kappa shape index (κ1) is 9.77. The molecule has 6 heteroatoms. The molecule has 2 aliphatic heterocycles. The first-order valence-corrected chi connectivity index (χ1v) is 5.42. The van der Waals surface area contributed by atoms with Crippen LogP contribution in [0.25, 0.3) is 0 Å². The number of hydrogen-bond donors (Lipinski definition) is 2. The normalized spacial score (nSPS) is 31.9. The quantitative estimate of drug-likeness (QED) is 0.781. The van der Waals surface area contributed by atoms with Crippen LogP contribution in [0.2, 0.25) is 0 Å². The van der Waals surface area contributed by atoms with Crippen molar-refractivity contribution < 1.29 is 9.13 Å². The third-order valence-corrected chi connectivity index (χ3v) is 3.19. The zero-order chi connectivity index (χ0) is 11.1. The molecule has 86 valence electrons. The van der Waals surface area contributed by atoms with Gasteiger partial charge in [0.2, 0.25) is 5.95 Å². The van der Waals surface area contributed by atoms with Crippen LogP contribution in [-0.4, -0.2) is 28.2 Å². The molecule has 3 atom stereocenters. The lowest BCUT2D eigenvalue weighted by Crippen LogP contribution is -2.31. The van der Waals surface area contributed by atoms with Gasteiger partial charge in [-0.3, -0.25) is 0 Å². The fourth-order valence-corrected chi connectivity index (χ4v) is 2.45. The molecule has 16 heavy (non-hydrogen) atoms. The number of halogens is 1. The smallest absolute Gasteiger partial charge is 0.222 e. The minimum Gasteiger partial charge on any atom is -0.373 e. The third-order valence-electron chi connectivity index (χ3n) is 3.19. The predicted octanol–water partition coefficient (Wildman–Crippen LogP) is 0.930. The molecular weight excluding hydrogens is 211 g/mol. The summed E-state index contributed by atoms with van der Waals surface area (Å²) in [4.78, 5) is 7.43. The van der Waals surface area contributed by atoms with Gasteiger partial charge in [-0.05, 0) is 19.3 Å². The monoisotopic (exact) mass is 224 g/mol. The van der Waals surface area contributed by atoms with Crippen molar-refractivity contribution in [3.8, 4) is 0 Å². The number of nitrogens with two attached hydrogens (primary N) is 1. The molecule has 5 nitrogen and oxygen atoms in total. The van der Waals surface area contributed by atoms with E-state index in [4.69, 9.17) is 10.5 Å². The first-order valence-electron chi connectivity index (χ1n) is 5.42. The lowest BCUT2D eigenvalue weighted by atomic mass is 9.95. The lowest BCUT2D eigenvalue weighted by molar-refractivity contribution is 0.102. The Morgan fingerprint density at radius 1 is 1.50 bits per heavy atom. The summed E-state index contributed by atoms with van der Waals surface area (Å²) in [5.74, 6) is -0.224. The Bertz CT molecular complexity index is 414. The van der Waals surface area contributed by atoms with Crippen LogP contribution < -0.4 is 11.1 Å². The molecule has 0 amide bonds. The molecule has 2 saturated heterocycles. The third kappa shape index (κ3) is 1.59. The molecule has 3 N–H and O–H groups in total.